The summed E-state index contributed by atoms with van der Waals surface area (Å²) >= 11 is 0. The van der Waals surface area contributed by atoms with Crippen LogP contribution in [0.15, 0.2) is 36.5 Å². The van der Waals surface area contributed by atoms with E-state index < -0.39 is 5.97 Å². The Balaban J connectivity index is 3.48. The third-order valence-electron chi connectivity index (χ3n) is 2.95. The molecule has 118 valence electrons. The first kappa shape index (κ1) is 19.4. The van der Waals surface area contributed by atoms with E-state index in [4.69, 9.17) is 5.11 Å². The SMILES string of the molecule is CC/C=C\C/C=C\CC(=O)CC/C=C\CCCCC(=O)O. The van der Waals surface area contributed by atoms with Gasteiger partial charge in [0.1, 0.15) is 5.78 Å². The molecule has 1 N–H and O–H groups in total. The second-order valence-electron chi connectivity index (χ2n) is 4.98. The highest BCUT2D eigenvalue weighted by Crippen LogP contribution is 2.03. The van der Waals surface area contributed by atoms with E-state index in [1.54, 1.807) is 0 Å². The average Bonchev–Trinajstić information content (AvgIpc) is 2.45. The number of ketones is 1. The fourth-order valence-corrected chi connectivity index (χ4v) is 1.77. The normalized spacial score (nSPS) is 11.9. The van der Waals surface area contributed by atoms with E-state index in [1.165, 1.54) is 0 Å². The number of aliphatic carboxylic acids is 1. The first-order valence-corrected chi connectivity index (χ1v) is 7.85. The van der Waals surface area contributed by atoms with Gasteiger partial charge in [-0.05, 0) is 38.5 Å². The molecule has 3 heteroatoms. The number of carbonyl (C=O) groups excluding carboxylic acids is 1. The van der Waals surface area contributed by atoms with Crippen LogP contribution >= 0.6 is 0 Å². The van der Waals surface area contributed by atoms with Crippen LogP contribution < -0.4 is 0 Å². The van der Waals surface area contributed by atoms with Crippen LogP contribution in [-0.2, 0) is 9.59 Å². The second-order valence-corrected chi connectivity index (χ2v) is 4.98. The van der Waals surface area contributed by atoms with E-state index in [0.29, 0.717) is 12.8 Å². The number of hydrogen-bond donors (Lipinski definition) is 1. The topological polar surface area (TPSA) is 54.4 Å². The standard InChI is InChI=1S/C18H28O3/c1-2-3-4-5-8-11-14-17(19)15-12-9-6-7-10-13-16-18(20)21/h3-4,6,8-9,11H,2,5,7,10,12-16H2,1H3,(H,20,21)/b4-3-,9-6-,11-8-. The molecule has 0 aromatic rings. The molecule has 0 aromatic carbocycles. The van der Waals surface area contributed by atoms with Crippen molar-refractivity contribution >= 4 is 11.8 Å². The van der Waals surface area contributed by atoms with Crippen molar-refractivity contribution in [1.29, 1.82) is 0 Å². The average molecular weight is 292 g/mol. The maximum absolute atomic E-state index is 11.6. The number of carbonyl (C=O) groups is 2. The number of carboxylic acids is 1. The summed E-state index contributed by atoms with van der Waals surface area (Å²) in [5.41, 5.74) is 0. The monoisotopic (exact) mass is 292 g/mol. The Morgan fingerprint density at radius 3 is 2.29 bits per heavy atom. The largest absolute Gasteiger partial charge is 0.481 e. The minimum absolute atomic E-state index is 0.242. The van der Waals surface area contributed by atoms with E-state index in [9.17, 15) is 9.59 Å². The number of hydrogen-bond acceptors (Lipinski definition) is 2. The summed E-state index contributed by atoms with van der Waals surface area (Å²) in [7, 11) is 0. The Hall–Kier alpha value is -1.64. The van der Waals surface area contributed by atoms with Crippen molar-refractivity contribution < 1.29 is 14.7 Å². The van der Waals surface area contributed by atoms with Crippen LogP contribution in [-0.4, -0.2) is 16.9 Å². The summed E-state index contributed by atoms with van der Waals surface area (Å²) in [5, 5.41) is 8.48. The molecule has 0 fully saturated rings. The number of unbranched alkanes of at least 4 members (excludes halogenated alkanes) is 2. The van der Waals surface area contributed by atoms with Crippen LogP contribution in [0.1, 0.15) is 64.7 Å². The van der Waals surface area contributed by atoms with Gasteiger partial charge in [-0.3, -0.25) is 9.59 Å². The first-order chi connectivity index (χ1) is 10.2. The molecule has 0 spiro atoms. The van der Waals surface area contributed by atoms with Crippen LogP contribution in [0, 0.1) is 0 Å². The molecule has 0 unspecified atom stereocenters. The molecule has 0 heterocycles. The van der Waals surface area contributed by atoms with Crippen molar-refractivity contribution in [3.8, 4) is 0 Å². The van der Waals surface area contributed by atoms with Gasteiger partial charge in [-0.15, -0.1) is 0 Å². The summed E-state index contributed by atoms with van der Waals surface area (Å²) in [5.74, 6) is -0.468. The first-order valence-electron chi connectivity index (χ1n) is 7.85. The Labute approximate surface area is 128 Å². The molecule has 0 aliphatic rings. The highest BCUT2D eigenvalue weighted by Gasteiger charge is 1.97. The van der Waals surface area contributed by atoms with Crippen LogP contribution in [0.2, 0.25) is 0 Å². The zero-order chi connectivity index (χ0) is 15.8. The van der Waals surface area contributed by atoms with Crippen molar-refractivity contribution in [2.24, 2.45) is 0 Å². The van der Waals surface area contributed by atoms with Crippen molar-refractivity contribution in [1.82, 2.24) is 0 Å². The number of Topliss-reactive ketones (excluding diaryl/α,β-unsaturated/α-hetero) is 1. The summed E-state index contributed by atoms with van der Waals surface area (Å²) in [6.07, 6.45) is 18.8. The van der Waals surface area contributed by atoms with E-state index >= 15 is 0 Å². The lowest BCUT2D eigenvalue weighted by Crippen LogP contribution is -1.94. The Kier molecular flexibility index (Phi) is 13.6. The van der Waals surface area contributed by atoms with Crippen molar-refractivity contribution in [2.75, 3.05) is 0 Å². The molecule has 0 rings (SSSR count). The Bertz CT molecular complexity index is 365. The predicted molar refractivity (Wildman–Crippen MR) is 87.3 cm³/mol. The number of carboxylic acid groups (broad SMARTS) is 1. The third-order valence-corrected chi connectivity index (χ3v) is 2.95. The number of allylic oxidation sites excluding steroid dienone is 6. The highest BCUT2D eigenvalue weighted by molar-refractivity contribution is 5.79. The Morgan fingerprint density at radius 1 is 0.857 bits per heavy atom. The molecule has 0 amide bonds. The van der Waals surface area contributed by atoms with E-state index in [2.05, 4.69) is 19.1 Å². The van der Waals surface area contributed by atoms with Crippen LogP contribution in [0.25, 0.3) is 0 Å². The second kappa shape index (κ2) is 14.8. The third kappa shape index (κ3) is 16.3. The van der Waals surface area contributed by atoms with E-state index in [-0.39, 0.29) is 12.2 Å². The molecular formula is C18H28O3. The van der Waals surface area contributed by atoms with Gasteiger partial charge < -0.3 is 5.11 Å². The highest BCUT2D eigenvalue weighted by atomic mass is 16.4. The summed E-state index contributed by atoms with van der Waals surface area (Å²) in [4.78, 5) is 21.9. The summed E-state index contributed by atoms with van der Waals surface area (Å²) < 4.78 is 0. The zero-order valence-corrected chi connectivity index (χ0v) is 13.1. The van der Waals surface area contributed by atoms with Crippen LogP contribution in [0.5, 0.6) is 0 Å². The number of rotatable bonds is 13. The zero-order valence-electron chi connectivity index (χ0n) is 13.1. The fourth-order valence-electron chi connectivity index (χ4n) is 1.77. The fraction of sp³-hybridized carbons (Fsp3) is 0.556. The van der Waals surface area contributed by atoms with Gasteiger partial charge >= 0.3 is 5.97 Å². The Morgan fingerprint density at radius 2 is 1.57 bits per heavy atom. The van der Waals surface area contributed by atoms with Crippen LogP contribution in [0.4, 0.5) is 0 Å². The van der Waals surface area contributed by atoms with Gasteiger partial charge in [-0.1, -0.05) is 43.4 Å². The van der Waals surface area contributed by atoms with Gasteiger partial charge in [0.2, 0.25) is 0 Å². The van der Waals surface area contributed by atoms with Gasteiger partial charge in [0.05, 0.1) is 0 Å². The molecule has 21 heavy (non-hydrogen) atoms. The maximum Gasteiger partial charge on any atom is 0.303 e. The van der Waals surface area contributed by atoms with Gasteiger partial charge in [-0.25, -0.2) is 0 Å². The van der Waals surface area contributed by atoms with Crippen LogP contribution in [0.3, 0.4) is 0 Å². The quantitative estimate of drug-likeness (QED) is 0.390. The van der Waals surface area contributed by atoms with Gasteiger partial charge in [0.15, 0.2) is 0 Å². The molecule has 0 atom stereocenters. The lowest BCUT2D eigenvalue weighted by atomic mass is 10.1. The van der Waals surface area contributed by atoms with E-state index in [0.717, 1.165) is 38.5 Å². The minimum Gasteiger partial charge on any atom is -0.481 e. The molecule has 0 bridgehead atoms. The molecule has 0 aliphatic carbocycles. The van der Waals surface area contributed by atoms with Crippen molar-refractivity contribution in [3.05, 3.63) is 36.5 Å². The maximum atomic E-state index is 11.6. The molecule has 0 saturated heterocycles. The van der Waals surface area contributed by atoms with Crippen molar-refractivity contribution in [2.45, 2.75) is 64.7 Å². The molecule has 0 saturated carbocycles. The molecule has 3 nitrogen and oxygen atoms in total. The van der Waals surface area contributed by atoms with Gasteiger partial charge in [0, 0.05) is 19.3 Å². The van der Waals surface area contributed by atoms with Gasteiger partial charge in [-0.2, -0.15) is 0 Å². The minimum atomic E-state index is -0.734. The molecule has 0 radical (unpaired) electrons. The summed E-state index contributed by atoms with van der Waals surface area (Å²) in [6, 6.07) is 0. The van der Waals surface area contributed by atoms with Crippen molar-refractivity contribution in [3.63, 3.8) is 0 Å². The molecule has 0 aliphatic heterocycles. The smallest absolute Gasteiger partial charge is 0.303 e. The lowest BCUT2D eigenvalue weighted by molar-refractivity contribution is -0.137. The predicted octanol–water partition coefficient (Wildman–Crippen LogP) is 4.84. The molecular weight excluding hydrogens is 264 g/mol. The summed E-state index contributed by atoms with van der Waals surface area (Å²) in [6.45, 7) is 2.10. The molecule has 0 aromatic heterocycles. The van der Waals surface area contributed by atoms with Gasteiger partial charge in [0.25, 0.3) is 0 Å². The van der Waals surface area contributed by atoms with E-state index in [1.807, 2.05) is 24.3 Å². The lowest BCUT2D eigenvalue weighted by Gasteiger charge is -1.95.